The highest BCUT2D eigenvalue weighted by Crippen LogP contribution is 2.57. The molecule has 0 fully saturated rings. The summed E-state index contributed by atoms with van der Waals surface area (Å²) in [6, 6.07) is 71.6. The lowest BCUT2D eigenvalue weighted by molar-refractivity contribution is 0.769. The Morgan fingerprint density at radius 1 is 0.357 bits per heavy atom. The first-order chi connectivity index (χ1) is 27.8. The van der Waals surface area contributed by atoms with Crippen molar-refractivity contribution in [1.29, 1.82) is 0 Å². The van der Waals surface area contributed by atoms with E-state index in [9.17, 15) is 0 Å². The number of benzene rings is 8. The minimum Gasteiger partial charge on any atom is -0.208 e. The third-order valence-electron chi connectivity index (χ3n) is 11.2. The molecule has 4 heteroatoms. The van der Waals surface area contributed by atoms with Crippen molar-refractivity contribution in [2.24, 2.45) is 0 Å². The van der Waals surface area contributed by atoms with Gasteiger partial charge < -0.3 is 0 Å². The summed E-state index contributed by atoms with van der Waals surface area (Å²) < 4.78 is 2.40. The Hall–Kier alpha value is -7.01. The molecule has 0 saturated carbocycles. The fraction of sp³-hybridized carbons (Fsp3) is 0.0192. The van der Waals surface area contributed by atoms with Crippen molar-refractivity contribution in [2.75, 3.05) is 0 Å². The maximum Gasteiger partial charge on any atom is 0.166 e. The van der Waals surface area contributed by atoms with Crippen molar-refractivity contribution in [3.8, 4) is 56.4 Å². The van der Waals surface area contributed by atoms with Gasteiger partial charge in [-0.3, -0.25) is 0 Å². The van der Waals surface area contributed by atoms with E-state index in [4.69, 9.17) is 15.0 Å². The molecular weight excluding hydrogens is 699 g/mol. The first-order valence-corrected chi connectivity index (χ1v) is 19.8. The van der Waals surface area contributed by atoms with Gasteiger partial charge in [0.1, 0.15) is 0 Å². The van der Waals surface area contributed by atoms with Crippen molar-refractivity contribution in [3.05, 3.63) is 222 Å². The van der Waals surface area contributed by atoms with E-state index in [0.29, 0.717) is 17.5 Å². The van der Waals surface area contributed by atoms with E-state index in [0.717, 1.165) is 32.5 Å². The summed E-state index contributed by atoms with van der Waals surface area (Å²) in [4.78, 5) is 15.7. The Morgan fingerprint density at radius 3 is 1.54 bits per heavy atom. The Balaban J connectivity index is 1.23. The van der Waals surface area contributed by atoms with E-state index >= 15 is 0 Å². The van der Waals surface area contributed by atoms with Crippen LogP contribution in [0.4, 0.5) is 0 Å². The van der Waals surface area contributed by atoms with Gasteiger partial charge in [0, 0.05) is 36.9 Å². The standard InChI is InChI=1S/C52H33N3S/c1-5-17-34(18-6-1)49-53-50(35-19-7-2-8-20-35)55-51(54-49)47-39(31-32-43-42-26-14-16-28-46(42)56-48(43)47)36-29-30-41-40-25-13-15-27-44(40)52(45(41)33-36,37-21-9-3-10-22-37)38-23-11-4-12-24-38/h1-33H. The van der Waals surface area contributed by atoms with Gasteiger partial charge in [-0.15, -0.1) is 11.3 Å². The predicted molar refractivity (Wildman–Crippen MR) is 232 cm³/mol. The maximum atomic E-state index is 5.32. The van der Waals surface area contributed by atoms with Gasteiger partial charge in [0.15, 0.2) is 17.5 Å². The molecule has 56 heavy (non-hydrogen) atoms. The van der Waals surface area contributed by atoms with Crippen LogP contribution in [0.5, 0.6) is 0 Å². The average molecular weight is 732 g/mol. The number of hydrogen-bond acceptors (Lipinski definition) is 4. The van der Waals surface area contributed by atoms with Crippen LogP contribution < -0.4 is 0 Å². The molecule has 1 aliphatic rings. The fourth-order valence-electron chi connectivity index (χ4n) is 8.78. The van der Waals surface area contributed by atoms with Gasteiger partial charge in [-0.05, 0) is 56.6 Å². The molecule has 0 saturated heterocycles. The van der Waals surface area contributed by atoms with Crippen LogP contribution in [0.1, 0.15) is 22.3 Å². The highest BCUT2D eigenvalue weighted by Gasteiger charge is 2.46. The molecule has 0 amide bonds. The minimum absolute atomic E-state index is 0.513. The predicted octanol–water partition coefficient (Wildman–Crippen LogP) is 13.3. The van der Waals surface area contributed by atoms with Crippen LogP contribution in [0.2, 0.25) is 0 Å². The highest BCUT2D eigenvalue weighted by molar-refractivity contribution is 7.26. The SMILES string of the molecule is c1ccc(-c2nc(-c3ccccc3)nc(-c3c(-c4ccc5c(c4)C(c4ccccc4)(c4ccccc4)c4ccccc4-5)ccc4c3sc3ccccc34)n2)cc1. The van der Waals surface area contributed by atoms with Crippen LogP contribution in [0.3, 0.4) is 0 Å². The van der Waals surface area contributed by atoms with Gasteiger partial charge >= 0.3 is 0 Å². The Bertz CT molecular complexity index is 2970. The van der Waals surface area contributed by atoms with E-state index in [2.05, 4.69) is 164 Å². The van der Waals surface area contributed by atoms with Crippen molar-refractivity contribution < 1.29 is 0 Å². The van der Waals surface area contributed by atoms with Crippen LogP contribution in [0, 0.1) is 0 Å². The number of aromatic nitrogens is 3. The summed E-state index contributed by atoms with van der Waals surface area (Å²) in [5, 5.41) is 2.43. The Morgan fingerprint density at radius 2 is 0.875 bits per heavy atom. The molecule has 0 spiro atoms. The first kappa shape index (κ1) is 32.4. The highest BCUT2D eigenvalue weighted by atomic mass is 32.1. The molecule has 0 radical (unpaired) electrons. The zero-order valence-corrected chi connectivity index (χ0v) is 31.1. The second-order valence-electron chi connectivity index (χ2n) is 14.3. The maximum absolute atomic E-state index is 5.32. The Kier molecular flexibility index (Phi) is 7.58. The van der Waals surface area contributed by atoms with E-state index in [-0.39, 0.29) is 0 Å². The van der Waals surface area contributed by atoms with Crippen LogP contribution >= 0.6 is 11.3 Å². The number of thiophene rings is 1. The van der Waals surface area contributed by atoms with E-state index in [1.165, 1.54) is 48.9 Å². The summed E-state index contributed by atoms with van der Waals surface area (Å²) in [5.74, 6) is 1.95. The number of nitrogens with zero attached hydrogens (tertiary/aromatic N) is 3. The topological polar surface area (TPSA) is 38.7 Å². The van der Waals surface area contributed by atoms with Crippen LogP contribution in [0.25, 0.3) is 76.6 Å². The third-order valence-corrected chi connectivity index (χ3v) is 12.4. The lowest BCUT2D eigenvalue weighted by atomic mass is 9.67. The smallest absolute Gasteiger partial charge is 0.166 e. The molecular formula is C52H33N3S. The number of rotatable bonds is 6. The zero-order valence-electron chi connectivity index (χ0n) is 30.3. The summed E-state index contributed by atoms with van der Waals surface area (Å²) in [7, 11) is 0. The van der Waals surface area contributed by atoms with Crippen molar-refractivity contribution in [1.82, 2.24) is 15.0 Å². The van der Waals surface area contributed by atoms with Gasteiger partial charge in [0.2, 0.25) is 0 Å². The normalized spacial score (nSPS) is 12.8. The van der Waals surface area contributed by atoms with Gasteiger partial charge in [-0.2, -0.15) is 0 Å². The molecule has 11 rings (SSSR count). The molecule has 1 aliphatic carbocycles. The van der Waals surface area contributed by atoms with E-state index in [1.54, 1.807) is 11.3 Å². The lowest BCUT2D eigenvalue weighted by Gasteiger charge is -2.34. The second-order valence-corrected chi connectivity index (χ2v) is 15.3. The molecule has 0 unspecified atom stereocenters. The molecule has 0 N–H and O–H groups in total. The molecule has 262 valence electrons. The average Bonchev–Trinajstić information content (AvgIpc) is 3.81. The monoisotopic (exact) mass is 731 g/mol. The summed E-state index contributed by atoms with van der Waals surface area (Å²) in [6.45, 7) is 0. The molecule has 0 aliphatic heterocycles. The van der Waals surface area contributed by atoms with Gasteiger partial charge in [0.05, 0.1) is 5.41 Å². The molecule has 3 nitrogen and oxygen atoms in total. The first-order valence-electron chi connectivity index (χ1n) is 18.9. The van der Waals surface area contributed by atoms with Crippen LogP contribution in [0.15, 0.2) is 200 Å². The number of hydrogen-bond donors (Lipinski definition) is 0. The molecule has 2 heterocycles. The summed E-state index contributed by atoms with van der Waals surface area (Å²) >= 11 is 1.80. The van der Waals surface area contributed by atoms with Gasteiger partial charge in [-0.25, -0.2) is 15.0 Å². The van der Waals surface area contributed by atoms with Crippen molar-refractivity contribution >= 4 is 31.5 Å². The Labute approximate surface area is 329 Å². The van der Waals surface area contributed by atoms with Gasteiger partial charge in [-0.1, -0.05) is 188 Å². The van der Waals surface area contributed by atoms with E-state index < -0.39 is 5.41 Å². The lowest BCUT2D eigenvalue weighted by Crippen LogP contribution is -2.28. The van der Waals surface area contributed by atoms with Crippen LogP contribution in [-0.2, 0) is 5.41 Å². The molecule has 2 aromatic heterocycles. The largest absolute Gasteiger partial charge is 0.208 e. The molecule has 0 bridgehead atoms. The zero-order chi connectivity index (χ0) is 37.1. The van der Waals surface area contributed by atoms with Crippen molar-refractivity contribution in [2.45, 2.75) is 5.41 Å². The molecule has 10 aromatic rings. The molecule has 0 atom stereocenters. The van der Waals surface area contributed by atoms with Crippen molar-refractivity contribution in [3.63, 3.8) is 0 Å². The minimum atomic E-state index is -0.513. The van der Waals surface area contributed by atoms with E-state index in [1.807, 2.05) is 36.4 Å². The second kappa shape index (κ2) is 13.1. The van der Waals surface area contributed by atoms with Crippen LogP contribution in [-0.4, -0.2) is 15.0 Å². The molecule has 8 aromatic carbocycles. The number of fused-ring (bicyclic) bond motifs is 6. The quantitative estimate of drug-likeness (QED) is 0.171. The fourth-order valence-corrected chi connectivity index (χ4v) is 10.0. The summed E-state index contributed by atoms with van der Waals surface area (Å²) in [5.41, 5.74) is 12.2. The summed E-state index contributed by atoms with van der Waals surface area (Å²) in [6.07, 6.45) is 0. The third kappa shape index (κ3) is 5.00. The van der Waals surface area contributed by atoms with Gasteiger partial charge in [0.25, 0.3) is 0 Å².